The molecule has 3 rings (SSSR count). The Balaban J connectivity index is 1.52. The van der Waals surface area contributed by atoms with E-state index in [4.69, 9.17) is 4.74 Å². The van der Waals surface area contributed by atoms with Gasteiger partial charge in [-0.3, -0.25) is 4.79 Å². The van der Waals surface area contributed by atoms with E-state index in [1.165, 1.54) is 0 Å². The Labute approximate surface area is 146 Å². The van der Waals surface area contributed by atoms with Crippen LogP contribution in [0.1, 0.15) is 16.7 Å². The molecule has 3 amide bonds. The maximum atomic E-state index is 12.1. The van der Waals surface area contributed by atoms with E-state index >= 15 is 0 Å². The Morgan fingerprint density at radius 1 is 1.04 bits per heavy atom. The van der Waals surface area contributed by atoms with Gasteiger partial charge in [0.05, 0.1) is 13.2 Å². The van der Waals surface area contributed by atoms with Gasteiger partial charge in [0.25, 0.3) is 0 Å². The maximum absolute atomic E-state index is 12.1. The van der Waals surface area contributed by atoms with Crippen LogP contribution in [0.5, 0.6) is 0 Å². The molecule has 1 aliphatic heterocycles. The van der Waals surface area contributed by atoms with E-state index in [9.17, 15) is 9.59 Å². The first-order valence-corrected chi connectivity index (χ1v) is 8.23. The molecule has 1 saturated heterocycles. The van der Waals surface area contributed by atoms with Gasteiger partial charge in [0.15, 0.2) is 0 Å². The quantitative estimate of drug-likeness (QED) is 0.718. The van der Waals surface area contributed by atoms with Crippen molar-refractivity contribution >= 4 is 11.9 Å². The molecule has 1 atom stereocenters. The van der Waals surface area contributed by atoms with Crippen molar-refractivity contribution in [3.63, 3.8) is 0 Å². The number of carbonyl (C=O) groups excluding carboxylic acids is 2. The molecule has 6 heteroatoms. The van der Waals surface area contributed by atoms with Gasteiger partial charge in [0.2, 0.25) is 5.91 Å². The molecule has 0 bridgehead atoms. The van der Waals surface area contributed by atoms with Crippen LogP contribution < -0.4 is 16.0 Å². The number of ether oxygens (including phenoxy) is 1. The number of hydrogen-bond acceptors (Lipinski definition) is 3. The Morgan fingerprint density at radius 2 is 1.76 bits per heavy atom. The molecule has 0 unspecified atom stereocenters. The minimum atomic E-state index is -0.519. The van der Waals surface area contributed by atoms with E-state index in [2.05, 4.69) is 16.0 Å². The lowest BCUT2D eigenvalue weighted by Gasteiger charge is -2.13. The molecule has 2 aromatic carbocycles. The molecular weight excluding hydrogens is 318 g/mol. The topological polar surface area (TPSA) is 79.5 Å². The van der Waals surface area contributed by atoms with Gasteiger partial charge in [0, 0.05) is 13.1 Å². The van der Waals surface area contributed by atoms with Crippen LogP contribution in [0.4, 0.5) is 4.79 Å². The molecule has 2 aromatic rings. The predicted octanol–water partition coefficient (Wildman–Crippen LogP) is 1.70. The average Bonchev–Trinajstić information content (AvgIpc) is 3.08. The first-order valence-electron chi connectivity index (χ1n) is 8.23. The monoisotopic (exact) mass is 339 g/mol. The molecule has 0 aliphatic carbocycles. The zero-order valence-electron chi connectivity index (χ0n) is 13.8. The van der Waals surface area contributed by atoms with Crippen LogP contribution >= 0.6 is 0 Å². The van der Waals surface area contributed by atoms with E-state index in [-0.39, 0.29) is 11.9 Å². The second-order valence-electron chi connectivity index (χ2n) is 5.87. The molecule has 25 heavy (non-hydrogen) atoms. The molecule has 0 saturated carbocycles. The Kier molecular flexibility index (Phi) is 5.64. The van der Waals surface area contributed by atoms with Crippen LogP contribution in [0.3, 0.4) is 0 Å². The number of amides is 3. The first kappa shape index (κ1) is 17.0. The predicted molar refractivity (Wildman–Crippen MR) is 93.5 cm³/mol. The van der Waals surface area contributed by atoms with Crippen molar-refractivity contribution in [3.05, 3.63) is 71.3 Å². The SMILES string of the molecule is O=C1NC[C@H](C(=O)NCc2ccccc2COCc2ccccc2)N1. The summed E-state index contributed by atoms with van der Waals surface area (Å²) in [5.41, 5.74) is 3.16. The molecule has 0 radical (unpaired) electrons. The highest BCUT2D eigenvalue weighted by Crippen LogP contribution is 2.12. The average molecular weight is 339 g/mol. The van der Waals surface area contributed by atoms with Crippen LogP contribution in [0.15, 0.2) is 54.6 Å². The van der Waals surface area contributed by atoms with Gasteiger partial charge in [-0.25, -0.2) is 4.79 Å². The van der Waals surface area contributed by atoms with Crippen LogP contribution in [-0.4, -0.2) is 24.5 Å². The van der Waals surface area contributed by atoms with E-state index in [0.717, 1.165) is 16.7 Å². The Hall–Kier alpha value is -2.86. The highest BCUT2D eigenvalue weighted by Gasteiger charge is 2.26. The molecule has 1 heterocycles. The second-order valence-corrected chi connectivity index (χ2v) is 5.87. The highest BCUT2D eigenvalue weighted by atomic mass is 16.5. The minimum Gasteiger partial charge on any atom is -0.372 e. The molecule has 130 valence electrons. The van der Waals surface area contributed by atoms with Gasteiger partial charge in [0.1, 0.15) is 6.04 Å². The summed E-state index contributed by atoms with van der Waals surface area (Å²) in [4.78, 5) is 23.2. The molecule has 6 nitrogen and oxygen atoms in total. The Bertz CT molecular complexity index is 734. The fourth-order valence-electron chi connectivity index (χ4n) is 2.64. The fraction of sp³-hybridized carbons (Fsp3) is 0.263. The lowest BCUT2D eigenvalue weighted by atomic mass is 10.1. The highest BCUT2D eigenvalue weighted by molar-refractivity contribution is 5.90. The van der Waals surface area contributed by atoms with E-state index in [1.54, 1.807) is 0 Å². The van der Waals surface area contributed by atoms with Crippen LogP contribution in [-0.2, 0) is 29.3 Å². The van der Waals surface area contributed by atoms with E-state index < -0.39 is 6.04 Å². The first-order chi connectivity index (χ1) is 12.2. The molecule has 3 N–H and O–H groups in total. The van der Waals surface area contributed by atoms with Crippen LogP contribution in [0.25, 0.3) is 0 Å². The molecule has 0 spiro atoms. The standard InChI is InChI=1S/C19H21N3O3/c23-18(17-11-21-19(24)22-17)20-10-15-8-4-5-9-16(15)13-25-12-14-6-2-1-3-7-14/h1-9,17H,10-13H2,(H,20,23)(H2,21,22,24)/t17-/m1/s1. The second kappa shape index (κ2) is 8.30. The van der Waals surface area contributed by atoms with Gasteiger partial charge in [-0.1, -0.05) is 54.6 Å². The summed E-state index contributed by atoms with van der Waals surface area (Å²) >= 11 is 0. The van der Waals surface area contributed by atoms with Crippen molar-refractivity contribution in [2.24, 2.45) is 0 Å². The van der Waals surface area contributed by atoms with E-state index in [0.29, 0.717) is 26.3 Å². The number of benzene rings is 2. The third kappa shape index (κ3) is 4.81. The molecule has 1 fully saturated rings. The van der Waals surface area contributed by atoms with Crippen molar-refractivity contribution in [1.29, 1.82) is 0 Å². The van der Waals surface area contributed by atoms with Gasteiger partial charge >= 0.3 is 6.03 Å². The van der Waals surface area contributed by atoms with E-state index in [1.807, 2.05) is 54.6 Å². The summed E-state index contributed by atoms with van der Waals surface area (Å²) in [5, 5.41) is 8.00. The summed E-state index contributed by atoms with van der Waals surface area (Å²) in [5.74, 6) is -0.196. The van der Waals surface area contributed by atoms with Crippen molar-refractivity contribution in [3.8, 4) is 0 Å². The lowest BCUT2D eigenvalue weighted by Crippen LogP contribution is -2.42. The van der Waals surface area contributed by atoms with Gasteiger partial charge < -0.3 is 20.7 Å². The zero-order chi connectivity index (χ0) is 17.5. The number of hydrogen-bond donors (Lipinski definition) is 3. The summed E-state index contributed by atoms with van der Waals surface area (Å²) in [7, 11) is 0. The zero-order valence-corrected chi connectivity index (χ0v) is 13.8. The summed E-state index contributed by atoms with van der Waals surface area (Å²) in [6.45, 7) is 1.73. The van der Waals surface area contributed by atoms with Gasteiger partial charge in [-0.15, -0.1) is 0 Å². The number of carbonyl (C=O) groups is 2. The number of urea groups is 1. The third-order valence-electron chi connectivity index (χ3n) is 4.03. The molecule has 0 aromatic heterocycles. The largest absolute Gasteiger partial charge is 0.372 e. The molecular formula is C19H21N3O3. The maximum Gasteiger partial charge on any atom is 0.315 e. The number of nitrogens with one attached hydrogen (secondary N) is 3. The minimum absolute atomic E-state index is 0.196. The normalized spacial score (nSPS) is 16.2. The van der Waals surface area contributed by atoms with Crippen molar-refractivity contribution in [2.45, 2.75) is 25.8 Å². The Morgan fingerprint density at radius 3 is 2.48 bits per heavy atom. The van der Waals surface area contributed by atoms with Crippen molar-refractivity contribution < 1.29 is 14.3 Å². The van der Waals surface area contributed by atoms with Crippen molar-refractivity contribution in [2.75, 3.05) is 6.54 Å². The van der Waals surface area contributed by atoms with Crippen molar-refractivity contribution in [1.82, 2.24) is 16.0 Å². The van der Waals surface area contributed by atoms with Gasteiger partial charge in [-0.05, 0) is 16.7 Å². The summed E-state index contributed by atoms with van der Waals surface area (Å²) in [6.07, 6.45) is 0. The lowest BCUT2D eigenvalue weighted by molar-refractivity contribution is -0.122. The summed E-state index contributed by atoms with van der Waals surface area (Å²) < 4.78 is 5.79. The fourth-order valence-corrected chi connectivity index (χ4v) is 2.64. The molecule has 1 aliphatic rings. The summed E-state index contributed by atoms with van der Waals surface area (Å²) in [6, 6.07) is 17.0. The van der Waals surface area contributed by atoms with Crippen LogP contribution in [0, 0.1) is 0 Å². The smallest absolute Gasteiger partial charge is 0.315 e. The van der Waals surface area contributed by atoms with Crippen LogP contribution in [0.2, 0.25) is 0 Å². The third-order valence-corrected chi connectivity index (χ3v) is 4.03. The number of rotatable bonds is 7. The van der Waals surface area contributed by atoms with Gasteiger partial charge in [-0.2, -0.15) is 0 Å².